The molecule has 3 N–H and O–H groups in total. The number of aromatic nitrogens is 2. The van der Waals surface area contributed by atoms with Gasteiger partial charge >= 0.3 is 0 Å². The Morgan fingerprint density at radius 3 is 1.73 bits per heavy atom. The molecule has 13 heteroatoms. The highest BCUT2D eigenvalue weighted by Crippen LogP contribution is 2.20. The molecule has 3 aromatic carbocycles. The van der Waals surface area contributed by atoms with Crippen molar-refractivity contribution in [2.75, 3.05) is 16.2 Å². The molecule has 7 nitrogen and oxygen atoms in total. The Morgan fingerprint density at radius 2 is 1.14 bits per heavy atom. The van der Waals surface area contributed by atoms with E-state index in [-0.39, 0.29) is 28.7 Å². The van der Waals surface area contributed by atoms with E-state index in [1.807, 2.05) is 6.07 Å². The molecule has 0 aliphatic carbocycles. The third kappa shape index (κ3) is 6.20. The fourth-order valence-corrected chi connectivity index (χ4v) is 2.90. The predicted octanol–water partition coefficient (Wildman–Crippen LogP) is 5.95. The first-order valence-electron chi connectivity index (χ1n) is 10.4. The van der Waals surface area contributed by atoms with Crippen molar-refractivity contribution < 1.29 is 26.3 Å². The molecule has 0 radical (unpaired) electrons. The van der Waals surface area contributed by atoms with Gasteiger partial charge in [0, 0.05) is 22.9 Å². The van der Waals surface area contributed by atoms with Gasteiger partial charge in [0.15, 0.2) is 40.7 Å². The van der Waals surface area contributed by atoms with Crippen molar-refractivity contribution in [1.82, 2.24) is 9.97 Å². The van der Waals surface area contributed by atoms with Crippen LogP contribution in [-0.4, -0.2) is 22.4 Å². The molecule has 0 atom stereocenters. The number of rotatable bonds is 8. The van der Waals surface area contributed by atoms with Crippen LogP contribution < -0.4 is 16.2 Å². The first kappa shape index (κ1) is 25.2. The summed E-state index contributed by atoms with van der Waals surface area (Å²) in [7, 11) is 0. The largest absolute Gasteiger partial charge is 0.340 e. The number of hydrogen-bond acceptors (Lipinski definition) is 7. The highest BCUT2D eigenvalue weighted by atomic mass is 19.2. The molecule has 4 rings (SSSR count). The quantitative estimate of drug-likeness (QED) is 0.117. The summed E-state index contributed by atoms with van der Waals surface area (Å²) in [5, 5.41) is 10.5. The maximum atomic E-state index is 13.8. The molecule has 37 heavy (non-hydrogen) atoms. The average Bonchev–Trinajstić information content (AvgIpc) is 2.89. The minimum Gasteiger partial charge on any atom is -0.340 e. The van der Waals surface area contributed by atoms with Crippen LogP contribution >= 0.6 is 0 Å². The second kappa shape index (κ2) is 11.2. The smallest absolute Gasteiger partial charge is 0.247 e. The molecule has 1 heterocycles. The Balaban J connectivity index is 1.57. The number of nitrogens with one attached hydrogen (secondary N) is 3. The summed E-state index contributed by atoms with van der Waals surface area (Å²) in [6.45, 7) is 0. The van der Waals surface area contributed by atoms with Crippen LogP contribution in [0.2, 0.25) is 0 Å². The molecule has 0 spiro atoms. The van der Waals surface area contributed by atoms with Crippen LogP contribution in [0.1, 0.15) is 11.1 Å². The minimum absolute atomic E-state index is 0.0596. The van der Waals surface area contributed by atoms with Gasteiger partial charge in [-0.15, -0.1) is 0 Å². The molecular formula is C24H15F6N7. The monoisotopic (exact) mass is 515 g/mol. The lowest BCUT2D eigenvalue weighted by Crippen LogP contribution is -2.05. The molecule has 0 amide bonds. The van der Waals surface area contributed by atoms with Crippen LogP contribution in [-0.2, 0) is 0 Å². The number of nitrogens with zero attached hydrogens (tertiary/aromatic N) is 4. The first-order chi connectivity index (χ1) is 17.8. The summed E-state index contributed by atoms with van der Waals surface area (Å²) in [5.74, 6) is -8.62. The lowest BCUT2D eigenvalue weighted by atomic mass is 10.2. The van der Waals surface area contributed by atoms with Gasteiger partial charge < -0.3 is 5.32 Å². The van der Waals surface area contributed by atoms with E-state index in [9.17, 15) is 26.3 Å². The highest BCUT2D eigenvalue weighted by Gasteiger charge is 2.13. The predicted molar refractivity (Wildman–Crippen MR) is 127 cm³/mol. The van der Waals surface area contributed by atoms with Crippen molar-refractivity contribution >= 4 is 35.7 Å². The first-order valence-corrected chi connectivity index (χ1v) is 10.4. The van der Waals surface area contributed by atoms with Crippen LogP contribution in [0.5, 0.6) is 0 Å². The van der Waals surface area contributed by atoms with E-state index in [2.05, 4.69) is 36.3 Å². The molecule has 0 saturated heterocycles. The summed E-state index contributed by atoms with van der Waals surface area (Å²) < 4.78 is 80.7. The zero-order valence-electron chi connectivity index (χ0n) is 18.5. The number of benzene rings is 3. The molecule has 0 unspecified atom stereocenters. The van der Waals surface area contributed by atoms with Gasteiger partial charge in [0.05, 0.1) is 12.4 Å². The van der Waals surface area contributed by atoms with Crippen molar-refractivity contribution in [2.24, 2.45) is 10.2 Å². The standard InChI is InChI=1S/C24H15F6N7/c25-16-8-6-13(20(27)22(16)29)11-31-36-19-10-18(33-15-4-2-1-3-5-15)34-24(35-19)37-32-12-14-7-9-17(26)23(30)21(14)28/h1-12H,(H3,33,34,35,36,37). The SMILES string of the molecule is Fc1ccc(C=NNc2cc(Nc3ccccc3)nc(NN=Cc3ccc(F)c(F)c3F)n2)c(F)c1F. The maximum absolute atomic E-state index is 13.8. The Labute approximate surface area is 205 Å². The maximum Gasteiger partial charge on any atom is 0.247 e. The number of anilines is 4. The van der Waals surface area contributed by atoms with Crippen molar-refractivity contribution in [3.63, 3.8) is 0 Å². The minimum atomic E-state index is -1.64. The van der Waals surface area contributed by atoms with E-state index in [0.717, 1.165) is 36.7 Å². The Morgan fingerprint density at radius 1 is 0.595 bits per heavy atom. The summed E-state index contributed by atoms with van der Waals surface area (Å²) in [6.07, 6.45) is 1.82. The van der Waals surface area contributed by atoms with Crippen LogP contribution in [0.15, 0.2) is 70.9 Å². The Bertz CT molecular complexity index is 1390. The van der Waals surface area contributed by atoms with Crippen LogP contribution in [0.25, 0.3) is 0 Å². The molecule has 0 aliphatic rings. The van der Waals surface area contributed by atoms with Crippen molar-refractivity contribution in [2.45, 2.75) is 0 Å². The fourth-order valence-electron chi connectivity index (χ4n) is 2.90. The number of para-hydroxylation sites is 1. The number of halogens is 6. The molecule has 4 aromatic rings. The molecule has 0 saturated carbocycles. The van der Waals surface area contributed by atoms with Gasteiger partial charge in [-0.25, -0.2) is 31.8 Å². The summed E-state index contributed by atoms with van der Waals surface area (Å²) in [5.41, 5.74) is 4.95. The van der Waals surface area contributed by atoms with E-state index in [1.165, 1.54) is 6.07 Å². The van der Waals surface area contributed by atoms with E-state index in [0.29, 0.717) is 5.69 Å². The number of hydrogen-bond donors (Lipinski definition) is 3. The van der Waals surface area contributed by atoms with Crippen LogP contribution in [0.3, 0.4) is 0 Å². The second-order valence-corrected chi connectivity index (χ2v) is 7.22. The number of hydrazone groups is 2. The van der Waals surface area contributed by atoms with Gasteiger partial charge in [-0.05, 0) is 36.4 Å². The third-order valence-electron chi connectivity index (χ3n) is 4.65. The van der Waals surface area contributed by atoms with E-state index in [1.54, 1.807) is 24.3 Å². The normalized spacial score (nSPS) is 11.3. The van der Waals surface area contributed by atoms with Gasteiger partial charge in [0.25, 0.3) is 0 Å². The van der Waals surface area contributed by atoms with E-state index < -0.39 is 34.9 Å². The summed E-state index contributed by atoms with van der Waals surface area (Å²) in [6, 6.07) is 13.8. The van der Waals surface area contributed by atoms with Gasteiger partial charge in [-0.2, -0.15) is 20.2 Å². The fraction of sp³-hybridized carbons (Fsp3) is 0. The zero-order valence-corrected chi connectivity index (χ0v) is 18.5. The molecule has 0 fully saturated rings. The molecule has 0 bridgehead atoms. The molecular weight excluding hydrogens is 500 g/mol. The molecule has 188 valence electrons. The Kier molecular flexibility index (Phi) is 7.62. The van der Waals surface area contributed by atoms with Gasteiger partial charge in [-0.1, -0.05) is 18.2 Å². The molecule has 1 aromatic heterocycles. The summed E-state index contributed by atoms with van der Waals surface area (Å²) >= 11 is 0. The summed E-state index contributed by atoms with van der Waals surface area (Å²) in [4.78, 5) is 8.29. The van der Waals surface area contributed by atoms with E-state index in [4.69, 9.17) is 0 Å². The van der Waals surface area contributed by atoms with Crippen LogP contribution in [0.4, 0.5) is 49.6 Å². The van der Waals surface area contributed by atoms with Crippen molar-refractivity contribution in [3.05, 3.63) is 107 Å². The average molecular weight is 515 g/mol. The van der Waals surface area contributed by atoms with Crippen molar-refractivity contribution in [3.8, 4) is 0 Å². The second-order valence-electron chi connectivity index (χ2n) is 7.22. The van der Waals surface area contributed by atoms with Gasteiger partial charge in [0.2, 0.25) is 5.95 Å². The Hall–Kier alpha value is -4.94. The van der Waals surface area contributed by atoms with Gasteiger partial charge in [0.1, 0.15) is 5.82 Å². The van der Waals surface area contributed by atoms with E-state index >= 15 is 0 Å². The van der Waals surface area contributed by atoms with Gasteiger partial charge in [-0.3, -0.25) is 5.43 Å². The zero-order chi connectivity index (χ0) is 26.4. The topological polar surface area (TPSA) is 86.6 Å². The lowest BCUT2D eigenvalue weighted by molar-refractivity contribution is 0.446. The lowest BCUT2D eigenvalue weighted by Gasteiger charge is -2.09. The third-order valence-corrected chi connectivity index (χ3v) is 4.65. The highest BCUT2D eigenvalue weighted by molar-refractivity contribution is 5.81. The van der Waals surface area contributed by atoms with Crippen molar-refractivity contribution in [1.29, 1.82) is 0 Å². The molecule has 0 aliphatic heterocycles. The van der Waals surface area contributed by atoms with Crippen LogP contribution in [0, 0.1) is 34.9 Å².